The first-order valence-corrected chi connectivity index (χ1v) is 18.6. The summed E-state index contributed by atoms with van der Waals surface area (Å²) in [5.74, 6) is 1.04. The van der Waals surface area contributed by atoms with Crippen LogP contribution < -0.4 is 18.9 Å². The van der Waals surface area contributed by atoms with Crippen LogP contribution in [0, 0.1) is 0 Å². The van der Waals surface area contributed by atoms with Gasteiger partial charge in [-0.05, 0) is 79.7 Å². The van der Waals surface area contributed by atoms with Crippen molar-refractivity contribution in [3.8, 4) is 45.3 Å². The minimum absolute atomic E-state index is 0.224. The fourth-order valence-electron chi connectivity index (χ4n) is 4.90. The molecule has 0 saturated heterocycles. The second kappa shape index (κ2) is 15.6. The monoisotopic (exact) mass is 730 g/mol. The maximum absolute atomic E-state index is 12.7. The SMILES string of the molecule is COc1cc(-c2nccc(-c3cccc(-c4ccc(C(C)N[S+]([O-])C(C)(C)C)c(OC)n4)c3Cl)c2Cl)ccc1C(C)N[S+]([O-])C(C)(C)C. The van der Waals surface area contributed by atoms with Crippen molar-refractivity contribution in [2.24, 2.45) is 0 Å². The first-order chi connectivity index (χ1) is 22.5. The van der Waals surface area contributed by atoms with Crippen LogP contribution in [-0.4, -0.2) is 42.8 Å². The number of halogens is 2. The van der Waals surface area contributed by atoms with E-state index < -0.39 is 32.2 Å². The fourth-order valence-corrected chi connectivity index (χ4v) is 7.15. The molecule has 0 aliphatic carbocycles. The summed E-state index contributed by atoms with van der Waals surface area (Å²) < 4.78 is 42.3. The molecule has 0 amide bonds. The Morgan fingerprint density at radius 1 is 0.729 bits per heavy atom. The van der Waals surface area contributed by atoms with Gasteiger partial charge in [0.25, 0.3) is 0 Å². The van der Waals surface area contributed by atoms with Crippen LogP contribution in [0.4, 0.5) is 0 Å². The molecule has 0 bridgehead atoms. The number of ether oxygens (including phenoxy) is 2. The Balaban J connectivity index is 1.68. The quantitative estimate of drug-likeness (QED) is 0.147. The Morgan fingerprint density at radius 3 is 1.88 bits per heavy atom. The zero-order valence-electron chi connectivity index (χ0n) is 29.0. The van der Waals surface area contributed by atoms with Crippen molar-refractivity contribution in [1.29, 1.82) is 0 Å². The molecule has 48 heavy (non-hydrogen) atoms. The Hall–Kier alpha value is -2.54. The van der Waals surface area contributed by atoms with Crippen LogP contribution in [-0.2, 0) is 22.7 Å². The van der Waals surface area contributed by atoms with Gasteiger partial charge >= 0.3 is 0 Å². The van der Waals surface area contributed by atoms with Crippen LogP contribution >= 0.6 is 23.2 Å². The summed E-state index contributed by atoms with van der Waals surface area (Å²) in [6.07, 6.45) is 1.70. The van der Waals surface area contributed by atoms with Gasteiger partial charge in [-0.2, -0.15) is 0 Å². The maximum atomic E-state index is 12.7. The van der Waals surface area contributed by atoms with Crippen molar-refractivity contribution in [2.75, 3.05) is 14.2 Å². The summed E-state index contributed by atoms with van der Waals surface area (Å²) in [5.41, 5.74) is 5.71. The van der Waals surface area contributed by atoms with Gasteiger partial charge in [-0.25, -0.2) is 4.98 Å². The number of methoxy groups -OCH3 is 2. The lowest BCUT2D eigenvalue weighted by Crippen LogP contribution is -2.40. The van der Waals surface area contributed by atoms with Gasteiger partial charge in [0.2, 0.25) is 5.88 Å². The van der Waals surface area contributed by atoms with Crippen LogP contribution in [0.3, 0.4) is 0 Å². The topological polar surface area (TPSA) is 114 Å². The number of hydrogen-bond acceptors (Lipinski definition) is 8. The van der Waals surface area contributed by atoms with E-state index in [1.807, 2.05) is 110 Å². The van der Waals surface area contributed by atoms with Crippen LogP contribution in [0.1, 0.15) is 78.6 Å². The summed E-state index contributed by atoms with van der Waals surface area (Å²) in [7, 11) is 3.16. The van der Waals surface area contributed by atoms with E-state index in [1.54, 1.807) is 20.4 Å². The Labute approximate surface area is 301 Å². The average molecular weight is 732 g/mol. The molecule has 2 aromatic carbocycles. The summed E-state index contributed by atoms with van der Waals surface area (Å²) in [6, 6.07) is 16.6. The molecule has 0 saturated carbocycles. The lowest BCUT2D eigenvalue weighted by molar-refractivity contribution is 0.388. The van der Waals surface area contributed by atoms with Gasteiger partial charge in [0, 0.05) is 62.3 Å². The average Bonchev–Trinajstić information content (AvgIpc) is 3.03. The fraction of sp³-hybridized carbons (Fsp3) is 0.389. The summed E-state index contributed by atoms with van der Waals surface area (Å²) >= 11 is 11.6. The van der Waals surface area contributed by atoms with Crippen molar-refractivity contribution < 1.29 is 18.6 Å². The van der Waals surface area contributed by atoms with Crippen molar-refractivity contribution in [3.63, 3.8) is 0 Å². The highest BCUT2D eigenvalue weighted by molar-refractivity contribution is 7.91. The standard InChI is InChI=1S/C36H44Cl2N4O4S2/c1-21(41-47(43)35(3,4)5)24-15-14-23(20-30(24)45-9)33-32(38)27(18-19-39-33)26-12-11-13-28(31(26)37)29-17-16-25(34(40-29)46-10)22(2)42-48(44)36(6,7)8/h11-22,41-42H,1-10H3. The number of nitrogens with one attached hydrogen (secondary N) is 2. The minimum Gasteiger partial charge on any atom is -0.598 e. The van der Waals surface area contributed by atoms with Gasteiger partial charge in [0.15, 0.2) is 0 Å². The maximum Gasteiger partial charge on any atom is 0.218 e. The summed E-state index contributed by atoms with van der Waals surface area (Å²) in [4.78, 5) is 9.39. The van der Waals surface area contributed by atoms with Gasteiger partial charge in [-0.1, -0.05) is 53.5 Å². The van der Waals surface area contributed by atoms with Crippen LogP contribution in [0.5, 0.6) is 11.6 Å². The van der Waals surface area contributed by atoms with E-state index in [4.69, 9.17) is 37.7 Å². The van der Waals surface area contributed by atoms with Gasteiger partial charge in [0.05, 0.1) is 47.7 Å². The van der Waals surface area contributed by atoms with E-state index in [0.717, 1.165) is 16.7 Å². The predicted octanol–water partition coefficient (Wildman–Crippen LogP) is 9.03. The lowest BCUT2D eigenvalue weighted by atomic mass is 9.98. The number of benzene rings is 2. The molecule has 0 aliphatic heterocycles. The third kappa shape index (κ3) is 8.60. The smallest absolute Gasteiger partial charge is 0.218 e. The molecule has 0 spiro atoms. The molecule has 0 radical (unpaired) electrons. The van der Waals surface area contributed by atoms with Gasteiger partial charge < -0.3 is 18.6 Å². The van der Waals surface area contributed by atoms with Crippen molar-refractivity contribution in [3.05, 3.63) is 82.0 Å². The third-order valence-electron chi connectivity index (χ3n) is 7.66. The first-order valence-electron chi connectivity index (χ1n) is 15.5. The summed E-state index contributed by atoms with van der Waals surface area (Å²) in [5, 5.41) is 0.900. The second-order valence-electron chi connectivity index (χ2n) is 13.4. The van der Waals surface area contributed by atoms with Gasteiger partial charge in [0.1, 0.15) is 15.2 Å². The molecule has 8 nitrogen and oxygen atoms in total. The van der Waals surface area contributed by atoms with Gasteiger partial charge in [-0.3, -0.25) is 4.98 Å². The second-order valence-corrected chi connectivity index (χ2v) is 18.1. The van der Waals surface area contributed by atoms with Crippen molar-refractivity contribution in [2.45, 2.75) is 77.0 Å². The zero-order valence-corrected chi connectivity index (χ0v) is 32.2. The normalized spacial score (nSPS) is 14.7. The molecule has 2 N–H and O–H groups in total. The number of aromatic nitrogens is 2. The molecule has 258 valence electrons. The van der Waals surface area contributed by atoms with E-state index in [0.29, 0.717) is 49.8 Å². The molecule has 12 heteroatoms. The highest BCUT2D eigenvalue weighted by atomic mass is 35.5. The first kappa shape index (κ1) is 38.3. The number of rotatable bonds is 11. The van der Waals surface area contributed by atoms with Crippen LogP contribution in [0.15, 0.2) is 60.8 Å². The number of pyridine rings is 2. The Kier molecular flexibility index (Phi) is 12.4. The molecular formula is C36H44Cl2N4O4S2. The molecular weight excluding hydrogens is 687 g/mol. The van der Waals surface area contributed by atoms with E-state index in [9.17, 15) is 9.11 Å². The molecule has 0 aliphatic rings. The molecule has 4 unspecified atom stereocenters. The molecule has 2 heterocycles. The Morgan fingerprint density at radius 2 is 1.29 bits per heavy atom. The molecule has 4 aromatic rings. The van der Waals surface area contributed by atoms with E-state index in [-0.39, 0.29) is 12.1 Å². The van der Waals surface area contributed by atoms with Crippen LogP contribution in [0.2, 0.25) is 10.0 Å². The Bertz CT molecular complexity index is 1620. The van der Waals surface area contributed by atoms with E-state index in [1.165, 1.54) is 0 Å². The van der Waals surface area contributed by atoms with E-state index >= 15 is 0 Å². The van der Waals surface area contributed by atoms with Crippen molar-refractivity contribution >= 4 is 45.9 Å². The molecule has 4 atom stereocenters. The predicted molar refractivity (Wildman–Crippen MR) is 200 cm³/mol. The largest absolute Gasteiger partial charge is 0.598 e. The molecule has 2 aromatic heterocycles. The molecule has 0 fully saturated rings. The minimum atomic E-state index is -1.27. The summed E-state index contributed by atoms with van der Waals surface area (Å²) in [6.45, 7) is 15.4. The number of hydrogen-bond donors (Lipinski definition) is 2. The van der Waals surface area contributed by atoms with Crippen molar-refractivity contribution in [1.82, 2.24) is 19.4 Å². The van der Waals surface area contributed by atoms with Gasteiger partial charge in [-0.15, -0.1) is 9.44 Å². The van der Waals surface area contributed by atoms with E-state index in [2.05, 4.69) is 14.4 Å². The van der Waals surface area contributed by atoms with Crippen LogP contribution in [0.25, 0.3) is 33.6 Å². The number of nitrogens with zero attached hydrogens (tertiary/aromatic N) is 2. The zero-order chi connectivity index (χ0) is 35.6. The highest BCUT2D eigenvalue weighted by Crippen LogP contribution is 2.43. The highest BCUT2D eigenvalue weighted by Gasteiger charge is 2.31. The molecule has 4 rings (SSSR count). The lowest BCUT2D eigenvalue weighted by Gasteiger charge is -2.27. The third-order valence-corrected chi connectivity index (χ3v) is 11.8.